The van der Waals surface area contributed by atoms with Crippen LogP contribution < -0.4 is 4.90 Å². The van der Waals surface area contributed by atoms with Crippen LogP contribution in [0, 0.1) is 5.41 Å². The van der Waals surface area contributed by atoms with Crippen LogP contribution in [0.4, 0.5) is 5.69 Å². The molecule has 1 saturated heterocycles. The lowest BCUT2D eigenvalue weighted by molar-refractivity contribution is -0.141. The summed E-state index contributed by atoms with van der Waals surface area (Å²) in [5.74, 6) is 0.300. The van der Waals surface area contributed by atoms with Crippen molar-refractivity contribution in [3.63, 3.8) is 0 Å². The third-order valence-electron chi connectivity index (χ3n) is 4.96. The predicted octanol–water partition coefficient (Wildman–Crippen LogP) is 1.90. The maximum absolute atomic E-state index is 12.6. The van der Waals surface area contributed by atoms with Gasteiger partial charge in [0.1, 0.15) is 0 Å². The lowest BCUT2D eigenvalue weighted by Gasteiger charge is -2.37. The van der Waals surface area contributed by atoms with E-state index in [0.29, 0.717) is 26.2 Å². The summed E-state index contributed by atoms with van der Waals surface area (Å²) in [7, 11) is 5.88. The second-order valence-corrected chi connectivity index (χ2v) is 8.63. The van der Waals surface area contributed by atoms with Crippen LogP contribution in [0.3, 0.4) is 0 Å². The van der Waals surface area contributed by atoms with E-state index in [4.69, 9.17) is 0 Å². The minimum atomic E-state index is -0.347. The van der Waals surface area contributed by atoms with Gasteiger partial charge in [0.2, 0.25) is 11.8 Å². The fraction of sp³-hybridized carbons (Fsp3) is 0.619. The molecule has 1 aliphatic heterocycles. The van der Waals surface area contributed by atoms with Crippen molar-refractivity contribution in [3.05, 3.63) is 29.8 Å². The topological polar surface area (TPSA) is 47.1 Å². The van der Waals surface area contributed by atoms with Crippen molar-refractivity contribution >= 4 is 17.5 Å². The zero-order chi connectivity index (χ0) is 20.2. The van der Waals surface area contributed by atoms with E-state index >= 15 is 0 Å². The van der Waals surface area contributed by atoms with Crippen LogP contribution in [-0.2, 0) is 16.1 Å². The Morgan fingerprint density at radius 2 is 1.52 bits per heavy atom. The molecule has 0 aliphatic carbocycles. The van der Waals surface area contributed by atoms with Gasteiger partial charge in [-0.3, -0.25) is 14.5 Å². The van der Waals surface area contributed by atoms with Crippen molar-refractivity contribution in [1.29, 1.82) is 0 Å². The molecule has 6 heteroatoms. The average Bonchev–Trinajstić information content (AvgIpc) is 2.61. The number of nitrogens with zero attached hydrogens (tertiary/aromatic N) is 4. The van der Waals surface area contributed by atoms with Crippen LogP contribution in [0.5, 0.6) is 0 Å². The van der Waals surface area contributed by atoms with E-state index in [1.807, 2.05) is 46.8 Å². The zero-order valence-corrected chi connectivity index (χ0v) is 17.7. The van der Waals surface area contributed by atoms with Gasteiger partial charge in [0.15, 0.2) is 0 Å². The molecule has 0 radical (unpaired) electrons. The second kappa shape index (κ2) is 8.74. The molecule has 150 valence electrons. The predicted molar refractivity (Wildman–Crippen MR) is 110 cm³/mol. The minimum Gasteiger partial charge on any atom is -0.378 e. The van der Waals surface area contributed by atoms with Gasteiger partial charge in [-0.05, 0) is 17.7 Å². The third kappa shape index (κ3) is 5.96. The van der Waals surface area contributed by atoms with Crippen molar-refractivity contribution in [2.75, 3.05) is 58.8 Å². The summed E-state index contributed by atoms with van der Waals surface area (Å²) < 4.78 is 0. The number of hydrogen-bond donors (Lipinski definition) is 0. The Morgan fingerprint density at radius 1 is 0.963 bits per heavy atom. The molecule has 0 N–H and O–H groups in total. The molecule has 1 aromatic rings. The van der Waals surface area contributed by atoms with E-state index in [-0.39, 0.29) is 17.2 Å². The Hall–Kier alpha value is -2.08. The SMILES string of the molecule is CN(Cc1ccc(N(C)C)cc1)C(=O)CN1CCN(C(=O)C(C)(C)C)CC1. The first kappa shape index (κ1) is 21.2. The van der Waals surface area contributed by atoms with Gasteiger partial charge in [-0.1, -0.05) is 32.9 Å². The van der Waals surface area contributed by atoms with Crippen LogP contribution in [0.25, 0.3) is 0 Å². The smallest absolute Gasteiger partial charge is 0.236 e. The summed E-state index contributed by atoms with van der Waals surface area (Å²) in [5, 5.41) is 0. The highest BCUT2D eigenvalue weighted by molar-refractivity contribution is 5.81. The number of carbonyl (C=O) groups is 2. The maximum Gasteiger partial charge on any atom is 0.236 e. The fourth-order valence-electron chi connectivity index (χ4n) is 3.16. The van der Waals surface area contributed by atoms with Crippen LogP contribution in [0.1, 0.15) is 26.3 Å². The summed E-state index contributed by atoms with van der Waals surface area (Å²) in [6, 6.07) is 8.27. The van der Waals surface area contributed by atoms with E-state index in [2.05, 4.69) is 34.1 Å². The van der Waals surface area contributed by atoms with Gasteiger partial charge >= 0.3 is 0 Å². The number of rotatable bonds is 5. The van der Waals surface area contributed by atoms with E-state index in [1.54, 1.807) is 4.90 Å². The van der Waals surface area contributed by atoms with E-state index in [9.17, 15) is 9.59 Å². The second-order valence-electron chi connectivity index (χ2n) is 8.63. The van der Waals surface area contributed by atoms with E-state index in [1.165, 1.54) is 0 Å². The molecule has 2 amide bonds. The zero-order valence-electron chi connectivity index (χ0n) is 17.7. The molecule has 27 heavy (non-hydrogen) atoms. The van der Waals surface area contributed by atoms with E-state index < -0.39 is 0 Å². The molecule has 0 atom stereocenters. The van der Waals surface area contributed by atoms with Gasteiger partial charge in [-0.15, -0.1) is 0 Å². The number of anilines is 1. The molecule has 2 rings (SSSR count). The number of likely N-dealkylation sites (N-methyl/N-ethyl adjacent to an activating group) is 1. The van der Waals surface area contributed by atoms with Crippen LogP contribution in [-0.4, -0.2) is 80.4 Å². The molecule has 0 unspecified atom stereocenters. The van der Waals surface area contributed by atoms with Crippen LogP contribution in [0.15, 0.2) is 24.3 Å². The van der Waals surface area contributed by atoms with Crippen molar-refractivity contribution in [3.8, 4) is 0 Å². The lowest BCUT2D eigenvalue weighted by Crippen LogP contribution is -2.53. The molecule has 1 fully saturated rings. The summed E-state index contributed by atoms with van der Waals surface area (Å²) >= 11 is 0. The number of piperazine rings is 1. The van der Waals surface area contributed by atoms with Crippen molar-refractivity contribution < 1.29 is 9.59 Å². The van der Waals surface area contributed by atoms with Crippen LogP contribution >= 0.6 is 0 Å². The highest BCUT2D eigenvalue weighted by Crippen LogP contribution is 2.19. The number of hydrogen-bond acceptors (Lipinski definition) is 4. The Morgan fingerprint density at radius 3 is 2.00 bits per heavy atom. The van der Waals surface area contributed by atoms with Gasteiger partial charge in [0.05, 0.1) is 6.54 Å². The van der Waals surface area contributed by atoms with Gasteiger partial charge < -0.3 is 14.7 Å². The molecule has 0 saturated carbocycles. The Bertz CT molecular complexity index is 641. The number of amides is 2. The average molecular weight is 375 g/mol. The minimum absolute atomic E-state index is 0.113. The van der Waals surface area contributed by atoms with Crippen molar-refractivity contribution in [2.45, 2.75) is 27.3 Å². The maximum atomic E-state index is 12.6. The lowest BCUT2D eigenvalue weighted by atomic mass is 9.94. The molecular weight excluding hydrogens is 340 g/mol. The van der Waals surface area contributed by atoms with Crippen molar-refractivity contribution in [1.82, 2.24) is 14.7 Å². The highest BCUT2D eigenvalue weighted by Gasteiger charge is 2.30. The molecule has 1 aromatic carbocycles. The van der Waals surface area contributed by atoms with Crippen LogP contribution in [0.2, 0.25) is 0 Å². The monoisotopic (exact) mass is 374 g/mol. The molecule has 0 spiro atoms. The summed E-state index contributed by atoms with van der Waals surface area (Å²) in [4.78, 5) is 32.8. The van der Waals surface area contributed by atoms with Gasteiger partial charge in [-0.2, -0.15) is 0 Å². The standard InChI is InChI=1S/C21H34N4O2/c1-21(2,3)20(27)25-13-11-24(12-14-25)16-19(26)23(6)15-17-7-9-18(10-8-17)22(4)5/h7-10H,11-16H2,1-6H3. The first-order chi connectivity index (χ1) is 12.6. The van der Waals surface area contributed by atoms with Gasteiger partial charge in [0.25, 0.3) is 0 Å². The van der Waals surface area contributed by atoms with Crippen molar-refractivity contribution in [2.24, 2.45) is 5.41 Å². The first-order valence-electron chi connectivity index (χ1n) is 9.60. The summed E-state index contributed by atoms with van der Waals surface area (Å²) in [6.45, 7) is 9.75. The molecule has 6 nitrogen and oxygen atoms in total. The Kier molecular flexibility index (Phi) is 6.87. The molecule has 1 aliphatic rings. The largest absolute Gasteiger partial charge is 0.378 e. The molecule has 0 bridgehead atoms. The van der Waals surface area contributed by atoms with Gasteiger partial charge in [-0.25, -0.2) is 0 Å². The van der Waals surface area contributed by atoms with E-state index in [0.717, 1.165) is 24.3 Å². The number of benzene rings is 1. The molecule has 1 heterocycles. The third-order valence-corrected chi connectivity index (χ3v) is 4.96. The fourth-order valence-corrected chi connectivity index (χ4v) is 3.16. The summed E-state index contributed by atoms with van der Waals surface area (Å²) in [6.07, 6.45) is 0. The normalized spacial score (nSPS) is 15.6. The van der Waals surface area contributed by atoms with Gasteiger partial charge in [0, 0.05) is 65.0 Å². The Labute approximate surface area is 163 Å². The quantitative estimate of drug-likeness (QED) is 0.790. The number of carbonyl (C=O) groups excluding carboxylic acids is 2. The Balaban J connectivity index is 1.81. The molecular formula is C21H34N4O2. The first-order valence-corrected chi connectivity index (χ1v) is 9.60. The highest BCUT2D eigenvalue weighted by atomic mass is 16.2. The molecule has 0 aromatic heterocycles. The summed E-state index contributed by atoms with van der Waals surface area (Å²) in [5.41, 5.74) is 1.92.